The highest BCUT2D eigenvalue weighted by molar-refractivity contribution is 5.89. The molecule has 0 unspecified atom stereocenters. The molecule has 2 aromatic rings. The summed E-state index contributed by atoms with van der Waals surface area (Å²) in [4.78, 5) is 14.7. The number of ether oxygens (including phenoxy) is 1. The average Bonchev–Trinajstić information content (AvgIpc) is 2.70. The number of fused-ring (bicyclic) bond motifs is 1. The Morgan fingerprint density at radius 3 is 2.75 bits per heavy atom. The Bertz CT molecular complexity index is 678. The Morgan fingerprint density at radius 2 is 2.15 bits per heavy atom. The van der Waals surface area contributed by atoms with E-state index in [9.17, 15) is 4.79 Å². The molecular formula is C13H17N5O2. The monoisotopic (exact) mass is 275 g/mol. The maximum atomic E-state index is 11.9. The van der Waals surface area contributed by atoms with E-state index in [0.29, 0.717) is 16.6 Å². The molecule has 0 radical (unpaired) electrons. The molecule has 0 N–H and O–H groups in total. The fourth-order valence-corrected chi connectivity index (χ4v) is 1.58. The first kappa shape index (κ1) is 15.5. The van der Waals surface area contributed by atoms with Crippen molar-refractivity contribution in [3.05, 3.63) is 34.8 Å². The Hall–Kier alpha value is -2.53. The molecule has 7 heteroatoms. The number of aromatic nitrogens is 2. The van der Waals surface area contributed by atoms with Crippen molar-refractivity contribution in [3.8, 4) is 0 Å². The van der Waals surface area contributed by atoms with E-state index in [1.807, 2.05) is 0 Å². The van der Waals surface area contributed by atoms with Crippen LogP contribution in [0.4, 0.5) is 10.5 Å². The standard InChI is InChI=1S/C12H13N5O2.CH4/c1-12(2,3)19-11(18)17-10-5-4-9(15-16-13)6-8(10)7-14-17;/h4-7H,1-3H3;1H4. The highest BCUT2D eigenvalue weighted by Crippen LogP contribution is 2.22. The van der Waals surface area contributed by atoms with Gasteiger partial charge in [0.2, 0.25) is 0 Å². The summed E-state index contributed by atoms with van der Waals surface area (Å²) in [6.45, 7) is 5.36. The lowest BCUT2D eigenvalue weighted by molar-refractivity contribution is 0.0523. The molecule has 2 rings (SSSR count). The van der Waals surface area contributed by atoms with Crippen LogP contribution < -0.4 is 0 Å². The Morgan fingerprint density at radius 1 is 1.45 bits per heavy atom. The van der Waals surface area contributed by atoms with E-state index in [1.54, 1.807) is 39.0 Å². The van der Waals surface area contributed by atoms with Crippen molar-refractivity contribution in [2.45, 2.75) is 33.8 Å². The maximum absolute atomic E-state index is 11.9. The second kappa shape index (κ2) is 5.63. The number of rotatable bonds is 1. The van der Waals surface area contributed by atoms with Crippen LogP contribution in [0.2, 0.25) is 0 Å². The molecule has 0 atom stereocenters. The van der Waals surface area contributed by atoms with Gasteiger partial charge in [-0.1, -0.05) is 18.6 Å². The normalized spacial score (nSPS) is 10.6. The summed E-state index contributed by atoms with van der Waals surface area (Å²) in [6.07, 6.45) is 0.981. The van der Waals surface area contributed by atoms with Crippen LogP contribution in [0, 0.1) is 0 Å². The number of azide groups is 1. The molecule has 0 spiro atoms. The molecule has 7 nitrogen and oxygen atoms in total. The van der Waals surface area contributed by atoms with Gasteiger partial charge in [0.25, 0.3) is 0 Å². The van der Waals surface area contributed by atoms with Gasteiger partial charge in [-0.25, -0.2) is 4.79 Å². The van der Waals surface area contributed by atoms with E-state index >= 15 is 0 Å². The number of carbonyl (C=O) groups excluding carboxylic acids is 1. The molecule has 1 aromatic heterocycles. The lowest BCUT2D eigenvalue weighted by atomic mass is 10.2. The molecule has 0 aliphatic rings. The number of nitrogens with zero attached hydrogens (tertiary/aromatic N) is 5. The third-order valence-corrected chi connectivity index (χ3v) is 2.28. The van der Waals surface area contributed by atoms with Crippen molar-refractivity contribution in [1.82, 2.24) is 9.78 Å². The van der Waals surface area contributed by atoms with Crippen LogP contribution in [0.5, 0.6) is 0 Å². The highest BCUT2D eigenvalue weighted by atomic mass is 16.6. The molecule has 20 heavy (non-hydrogen) atoms. The summed E-state index contributed by atoms with van der Waals surface area (Å²) in [5.41, 5.74) is 8.87. The van der Waals surface area contributed by atoms with Gasteiger partial charge in [-0.05, 0) is 38.4 Å². The molecule has 1 heterocycles. The van der Waals surface area contributed by atoms with Gasteiger partial charge < -0.3 is 4.74 Å². The molecule has 0 aliphatic carbocycles. The zero-order chi connectivity index (χ0) is 14.0. The zero-order valence-corrected chi connectivity index (χ0v) is 10.9. The minimum Gasteiger partial charge on any atom is -0.442 e. The quantitative estimate of drug-likeness (QED) is 0.438. The third-order valence-electron chi connectivity index (χ3n) is 2.28. The van der Waals surface area contributed by atoms with Crippen LogP contribution in [-0.2, 0) is 4.74 Å². The van der Waals surface area contributed by atoms with E-state index < -0.39 is 11.7 Å². The van der Waals surface area contributed by atoms with Gasteiger partial charge in [0.15, 0.2) is 0 Å². The molecule has 106 valence electrons. The summed E-state index contributed by atoms with van der Waals surface area (Å²) < 4.78 is 6.43. The fourth-order valence-electron chi connectivity index (χ4n) is 1.58. The number of benzene rings is 1. The van der Waals surface area contributed by atoms with E-state index in [-0.39, 0.29) is 7.43 Å². The van der Waals surface area contributed by atoms with Gasteiger partial charge >= 0.3 is 6.09 Å². The predicted octanol–water partition coefficient (Wildman–Crippen LogP) is 4.40. The highest BCUT2D eigenvalue weighted by Gasteiger charge is 2.19. The summed E-state index contributed by atoms with van der Waals surface area (Å²) in [6, 6.07) is 4.93. The number of hydrogen-bond donors (Lipinski definition) is 0. The van der Waals surface area contributed by atoms with Crippen LogP contribution in [-0.4, -0.2) is 21.5 Å². The average molecular weight is 275 g/mol. The fraction of sp³-hybridized carbons (Fsp3) is 0.385. The Balaban J connectivity index is 0.00000200. The van der Waals surface area contributed by atoms with Gasteiger partial charge in [0.05, 0.1) is 11.7 Å². The second-order valence-corrected chi connectivity index (χ2v) is 4.97. The molecule has 0 saturated heterocycles. The smallest absolute Gasteiger partial charge is 0.435 e. The van der Waals surface area contributed by atoms with Crippen LogP contribution in [0.25, 0.3) is 21.3 Å². The predicted molar refractivity (Wildman–Crippen MR) is 76.9 cm³/mol. The van der Waals surface area contributed by atoms with Crippen LogP contribution >= 0.6 is 0 Å². The first-order valence-corrected chi connectivity index (χ1v) is 5.67. The second-order valence-electron chi connectivity index (χ2n) is 4.97. The van der Waals surface area contributed by atoms with Crippen molar-refractivity contribution in [1.29, 1.82) is 0 Å². The van der Waals surface area contributed by atoms with Gasteiger partial charge in [-0.3, -0.25) is 0 Å². The van der Waals surface area contributed by atoms with Crippen molar-refractivity contribution in [3.63, 3.8) is 0 Å². The maximum Gasteiger partial charge on any atom is 0.435 e. The van der Waals surface area contributed by atoms with Crippen LogP contribution in [0.15, 0.2) is 29.5 Å². The minimum atomic E-state index is -0.583. The first-order chi connectivity index (χ1) is 8.90. The summed E-state index contributed by atoms with van der Waals surface area (Å²) in [7, 11) is 0. The van der Waals surface area contributed by atoms with Gasteiger partial charge in [-0.15, -0.1) is 0 Å². The number of carbonyl (C=O) groups is 1. The summed E-state index contributed by atoms with van der Waals surface area (Å²) in [5, 5.41) is 8.19. The molecule has 0 amide bonds. The lowest BCUT2D eigenvalue weighted by Crippen LogP contribution is -2.27. The van der Waals surface area contributed by atoms with Gasteiger partial charge in [0, 0.05) is 16.0 Å². The summed E-state index contributed by atoms with van der Waals surface area (Å²) >= 11 is 0. The van der Waals surface area contributed by atoms with E-state index in [2.05, 4.69) is 15.1 Å². The van der Waals surface area contributed by atoms with Crippen LogP contribution in [0.1, 0.15) is 28.2 Å². The summed E-state index contributed by atoms with van der Waals surface area (Å²) in [5.74, 6) is 0. The lowest BCUT2D eigenvalue weighted by Gasteiger charge is -2.19. The van der Waals surface area contributed by atoms with Gasteiger partial charge in [0.1, 0.15) is 5.60 Å². The van der Waals surface area contributed by atoms with Crippen molar-refractivity contribution in [2.75, 3.05) is 0 Å². The first-order valence-electron chi connectivity index (χ1n) is 5.67. The van der Waals surface area contributed by atoms with Crippen LogP contribution in [0.3, 0.4) is 0 Å². The molecule has 0 fully saturated rings. The molecule has 0 aliphatic heterocycles. The van der Waals surface area contributed by atoms with E-state index in [1.165, 1.54) is 10.9 Å². The molecule has 0 saturated carbocycles. The van der Waals surface area contributed by atoms with E-state index in [0.717, 1.165) is 0 Å². The third kappa shape index (κ3) is 3.27. The molecule has 0 bridgehead atoms. The number of hydrogen-bond acceptors (Lipinski definition) is 4. The Labute approximate surface area is 116 Å². The SMILES string of the molecule is C.CC(C)(C)OC(=O)n1ncc2cc(N=[N+]=[N-])ccc21. The zero-order valence-electron chi connectivity index (χ0n) is 10.9. The Kier molecular flexibility index (Phi) is 4.37. The topological polar surface area (TPSA) is 92.9 Å². The van der Waals surface area contributed by atoms with Gasteiger partial charge in [-0.2, -0.15) is 9.78 Å². The van der Waals surface area contributed by atoms with Crippen molar-refractivity contribution >= 4 is 22.7 Å². The largest absolute Gasteiger partial charge is 0.442 e. The molecule has 1 aromatic carbocycles. The van der Waals surface area contributed by atoms with Crippen molar-refractivity contribution < 1.29 is 9.53 Å². The van der Waals surface area contributed by atoms with E-state index in [4.69, 9.17) is 10.3 Å². The molecular weight excluding hydrogens is 258 g/mol. The minimum absolute atomic E-state index is 0. The van der Waals surface area contributed by atoms with Crippen molar-refractivity contribution in [2.24, 2.45) is 5.11 Å².